The SMILES string of the molecule is CCCN1CCC(NC(=O)c2cn(C(C)(C)C)nn2)CC1. The van der Waals surface area contributed by atoms with E-state index in [4.69, 9.17) is 0 Å². The zero-order chi connectivity index (χ0) is 15.5. The minimum Gasteiger partial charge on any atom is -0.348 e. The highest BCUT2D eigenvalue weighted by atomic mass is 16.2. The van der Waals surface area contributed by atoms with Crippen LogP contribution in [0, 0.1) is 0 Å². The number of aromatic nitrogens is 3. The molecule has 0 unspecified atom stereocenters. The van der Waals surface area contributed by atoms with Gasteiger partial charge in [-0.2, -0.15) is 0 Å². The standard InChI is InChI=1S/C15H27N5O/c1-5-8-19-9-6-12(7-10-19)16-14(21)13-11-20(18-17-13)15(2,3)4/h11-12H,5-10H2,1-4H3,(H,16,21). The van der Waals surface area contributed by atoms with Gasteiger partial charge in [0.25, 0.3) is 5.91 Å². The monoisotopic (exact) mass is 293 g/mol. The third-order valence-corrected chi connectivity index (χ3v) is 3.88. The Balaban J connectivity index is 1.86. The van der Waals surface area contributed by atoms with Gasteiger partial charge in [0.2, 0.25) is 0 Å². The molecule has 6 heteroatoms. The van der Waals surface area contributed by atoms with Gasteiger partial charge in [-0.15, -0.1) is 5.10 Å². The fourth-order valence-electron chi connectivity index (χ4n) is 2.57. The zero-order valence-corrected chi connectivity index (χ0v) is 13.6. The fraction of sp³-hybridized carbons (Fsp3) is 0.800. The highest BCUT2D eigenvalue weighted by Crippen LogP contribution is 2.13. The van der Waals surface area contributed by atoms with Crippen LogP contribution in [0.2, 0.25) is 0 Å². The van der Waals surface area contributed by atoms with Gasteiger partial charge in [-0.1, -0.05) is 12.1 Å². The summed E-state index contributed by atoms with van der Waals surface area (Å²) in [4.78, 5) is 14.7. The molecule has 0 radical (unpaired) electrons. The van der Waals surface area contributed by atoms with E-state index in [-0.39, 0.29) is 17.5 Å². The number of carbonyl (C=O) groups excluding carboxylic acids is 1. The molecule has 2 rings (SSSR count). The topological polar surface area (TPSA) is 63.1 Å². The van der Waals surface area contributed by atoms with Crippen molar-refractivity contribution in [1.29, 1.82) is 0 Å². The minimum absolute atomic E-state index is 0.112. The molecule has 1 aromatic heterocycles. The smallest absolute Gasteiger partial charge is 0.273 e. The van der Waals surface area contributed by atoms with Crippen LogP contribution >= 0.6 is 0 Å². The van der Waals surface area contributed by atoms with Crippen LogP contribution in [-0.2, 0) is 5.54 Å². The molecule has 2 heterocycles. The van der Waals surface area contributed by atoms with Gasteiger partial charge in [-0.25, -0.2) is 4.68 Å². The van der Waals surface area contributed by atoms with E-state index in [0.717, 1.165) is 32.5 Å². The number of nitrogens with one attached hydrogen (secondary N) is 1. The van der Waals surface area contributed by atoms with Crippen molar-refractivity contribution >= 4 is 5.91 Å². The molecule has 1 saturated heterocycles. The normalized spacial score (nSPS) is 17.9. The summed E-state index contributed by atoms with van der Waals surface area (Å²) in [6.45, 7) is 11.6. The largest absolute Gasteiger partial charge is 0.348 e. The van der Waals surface area contributed by atoms with Crippen molar-refractivity contribution < 1.29 is 4.79 Å². The van der Waals surface area contributed by atoms with E-state index < -0.39 is 0 Å². The molecule has 0 spiro atoms. The van der Waals surface area contributed by atoms with Gasteiger partial charge >= 0.3 is 0 Å². The lowest BCUT2D eigenvalue weighted by atomic mass is 10.0. The Hall–Kier alpha value is -1.43. The summed E-state index contributed by atoms with van der Waals surface area (Å²) in [5, 5.41) is 11.1. The van der Waals surface area contributed by atoms with Crippen molar-refractivity contribution in [3.63, 3.8) is 0 Å². The molecule has 1 N–H and O–H groups in total. The number of rotatable bonds is 4. The molecule has 0 bridgehead atoms. The van der Waals surface area contributed by atoms with E-state index in [1.165, 1.54) is 6.42 Å². The highest BCUT2D eigenvalue weighted by Gasteiger charge is 2.23. The first-order chi connectivity index (χ1) is 9.90. The van der Waals surface area contributed by atoms with Crippen LogP contribution in [0.5, 0.6) is 0 Å². The molecule has 118 valence electrons. The van der Waals surface area contributed by atoms with E-state index in [9.17, 15) is 4.79 Å². The van der Waals surface area contributed by atoms with Crippen LogP contribution in [0.1, 0.15) is 57.4 Å². The van der Waals surface area contributed by atoms with Crippen LogP contribution < -0.4 is 5.32 Å². The predicted molar refractivity (Wildman–Crippen MR) is 82.2 cm³/mol. The van der Waals surface area contributed by atoms with Crippen molar-refractivity contribution in [2.24, 2.45) is 0 Å². The van der Waals surface area contributed by atoms with Crippen LogP contribution in [0.15, 0.2) is 6.20 Å². The van der Waals surface area contributed by atoms with E-state index in [1.54, 1.807) is 10.9 Å². The second-order valence-electron chi connectivity index (χ2n) is 6.81. The summed E-state index contributed by atoms with van der Waals surface area (Å²) in [6.07, 6.45) is 4.94. The fourth-order valence-corrected chi connectivity index (χ4v) is 2.57. The lowest BCUT2D eigenvalue weighted by Crippen LogP contribution is -2.44. The Kier molecular flexibility index (Phi) is 4.98. The molecule has 1 aliphatic heterocycles. The van der Waals surface area contributed by atoms with Crippen LogP contribution in [0.25, 0.3) is 0 Å². The molecular formula is C15H27N5O. The minimum atomic E-state index is -0.156. The first-order valence-corrected chi connectivity index (χ1v) is 7.86. The van der Waals surface area contributed by atoms with Gasteiger partial charge in [0.1, 0.15) is 0 Å². The highest BCUT2D eigenvalue weighted by molar-refractivity contribution is 5.92. The Labute approximate surface area is 126 Å². The third kappa shape index (κ3) is 4.27. The lowest BCUT2D eigenvalue weighted by Gasteiger charge is -2.31. The second kappa shape index (κ2) is 6.56. The van der Waals surface area contributed by atoms with Crippen LogP contribution in [-0.4, -0.2) is 51.5 Å². The average molecular weight is 293 g/mol. The van der Waals surface area contributed by atoms with Crippen molar-refractivity contribution in [2.45, 2.75) is 58.5 Å². The Morgan fingerprint density at radius 2 is 2.05 bits per heavy atom. The molecule has 0 saturated carbocycles. The number of carbonyl (C=O) groups is 1. The number of hydrogen-bond donors (Lipinski definition) is 1. The van der Waals surface area contributed by atoms with Gasteiger partial charge in [0, 0.05) is 19.1 Å². The van der Waals surface area contributed by atoms with Crippen LogP contribution in [0.4, 0.5) is 0 Å². The maximum atomic E-state index is 12.2. The van der Waals surface area contributed by atoms with E-state index in [1.807, 2.05) is 20.8 Å². The number of piperidine rings is 1. The van der Waals surface area contributed by atoms with Crippen molar-refractivity contribution in [1.82, 2.24) is 25.2 Å². The molecular weight excluding hydrogens is 266 g/mol. The second-order valence-corrected chi connectivity index (χ2v) is 6.81. The molecule has 0 aliphatic carbocycles. The summed E-state index contributed by atoms with van der Waals surface area (Å²) in [6, 6.07) is 0.255. The van der Waals surface area contributed by atoms with E-state index >= 15 is 0 Å². The summed E-state index contributed by atoms with van der Waals surface area (Å²) in [5.74, 6) is -0.112. The van der Waals surface area contributed by atoms with Gasteiger partial charge in [0.15, 0.2) is 5.69 Å². The summed E-state index contributed by atoms with van der Waals surface area (Å²) >= 11 is 0. The molecule has 1 amide bonds. The summed E-state index contributed by atoms with van der Waals surface area (Å²) < 4.78 is 1.73. The first kappa shape index (κ1) is 15.9. The quantitative estimate of drug-likeness (QED) is 0.916. The number of likely N-dealkylation sites (tertiary alicyclic amines) is 1. The zero-order valence-electron chi connectivity index (χ0n) is 13.6. The summed E-state index contributed by atoms with van der Waals surface area (Å²) in [5.41, 5.74) is 0.248. The van der Waals surface area contributed by atoms with Crippen molar-refractivity contribution in [3.05, 3.63) is 11.9 Å². The first-order valence-electron chi connectivity index (χ1n) is 7.86. The molecule has 0 aromatic carbocycles. The third-order valence-electron chi connectivity index (χ3n) is 3.88. The number of amides is 1. The van der Waals surface area contributed by atoms with Gasteiger partial charge < -0.3 is 10.2 Å². The Bertz CT molecular complexity index is 469. The molecule has 6 nitrogen and oxygen atoms in total. The molecule has 1 aromatic rings. The number of nitrogens with zero attached hydrogens (tertiary/aromatic N) is 4. The molecule has 0 atom stereocenters. The van der Waals surface area contributed by atoms with E-state index in [0.29, 0.717) is 5.69 Å². The van der Waals surface area contributed by atoms with Crippen molar-refractivity contribution in [2.75, 3.05) is 19.6 Å². The molecule has 1 fully saturated rings. The number of hydrogen-bond acceptors (Lipinski definition) is 4. The maximum absolute atomic E-state index is 12.2. The average Bonchev–Trinajstić information content (AvgIpc) is 2.91. The lowest BCUT2D eigenvalue weighted by molar-refractivity contribution is 0.0906. The van der Waals surface area contributed by atoms with Crippen LogP contribution in [0.3, 0.4) is 0 Å². The predicted octanol–water partition coefficient (Wildman–Crippen LogP) is 1.64. The Morgan fingerprint density at radius 3 is 2.57 bits per heavy atom. The summed E-state index contributed by atoms with van der Waals surface area (Å²) in [7, 11) is 0. The Morgan fingerprint density at radius 1 is 1.38 bits per heavy atom. The van der Waals surface area contributed by atoms with Gasteiger partial charge in [-0.05, 0) is 46.6 Å². The van der Waals surface area contributed by atoms with E-state index in [2.05, 4.69) is 27.5 Å². The van der Waals surface area contributed by atoms with Gasteiger partial charge in [0.05, 0.1) is 11.7 Å². The van der Waals surface area contributed by atoms with Crippen molar-refractivity contribution in [3.8, 4) is 0 Å². The van der Waals surface area contributed by atoms with Gasteiger partial charge in [-0.3, -0.25) is 4.79 Å². The molecule has 1 aliphatic rings. The molecule has 21 heavy (non-hydrogen) atoms. The maximum Gasteiger partial charge on any atom is 0.273 e.